The van der Waals surface area contributed by atoms with Crippen LogP contribution >= 0.6 is 0 Å². The summed E-state index contributed by atoms with van der Waals surface area (Å²) in [6.45, 7) is -0.295. The smallest absolute Gasteiger partial charge is 0.353 e. The molecule has 17 heavy (non-hydrogen) atoms. The number of carbonyl (C=O) groups excluding carboxylic acids is 2. The molecule has 0 radical (unpaired) electrons. The highest BCUT2D eigenvalue weighted by molar-refractivity contribution is 5.82. The van der Waals surface area contributed by atoms with Crippen LogP contribution in [0.15, 0.2) is 0 Å². The summed E-state index contributed by atoms with van der Waals surface area (Å²) in [5.41, 5.74) is 0. The molecule has 1 fully saturated rings. The number of alkyl halides is 3. The highest BCUT2D eigenvalue weighted by Crippen LogP contribution is 2.17. The van der Waals surface area contributed by atoms with E-state index in [0.717, 1.165) is 25.7 Å². The van der Waals surface area contributed by atoms with Crippen LogP contribution in [-0.2, 0) is 9.59 Å². The molecule has 0 atom stereocenters. The number of halogens is 3. The first-order chi connectivity index (χ1) is 7.89. The largest absolute Gasteiger partial charge is 0.471 e. The average Bonchev–Trinajstić information content (AvgIpc) is 2.68. The summed E-state index contributed by atoms with van der Waals surface area (Å²) in [6, 6.07) is 0.140. The number of hydrogen-bond acceptors (Lipinski definition) is 2. The zero-order valence-corrected chi connectivity index (χ0v) is 9.27. The van der Waals surface area contributed by atoms with Crippen LogP contribution in [0.25, 0.3) is 0 Å². The van der Waals surface area contributed by atoms with Gasteiger partial charge in [-0.3, -0.25) is 9.59 Å². The molecule has 1 saturated carbocycles. The standard InChI is InChI=1S/C10H15F3N2O2/c11-10(12,13)9(17)14-6-5-8(16)15-7-3-1-2-4-7/h7H,1-6H2,(H,14,17)(H,15,16). The molecular formula is C10H15F3N2O2. The van der Waals surface area contributed by atoms with Crippen molar-refractivity contribution >= 4 is 11.8 Å². The van der Waals surface area contributed by atoms with Crippen molar-refractivity contribution in [3.8, 4) is 0 Å². The minimum Gasteiger partial charge on any atom is -0.353 e. The Balaban J connectivity index is 2.13. The molecule has 0 saturated heterocycles. The Bertz CT molecular complexity index is 286. The van der Waals surface area contributed by atoms with E-state index in [0.29, 0.717) is 0 Å². The topological polar surface area (TPSA) is 58.2 Å². The van der Waals surface area contributed by atoms with Crippen molar-refractivity contribution in [2.45, 2.75) is 44.3 Å². The summed E-state index contributed by atoms with van der Waals surface area (Å²) in [7, 11) is 0. The van der Waals surface area contributed by atoms with Gasteiger partial charge in [0.1, 0.15) is 0 Å². The molecule has 1 aliphatic rings. The molecule has 0 spiro atoms. The van der Waals surface area contributed by atoms with Gasteiger partial charge in [-0.05, 0) is 12.8 Å². The lowest BCUT2D eigenvalue weighted by Crippen LogP contribution is -2.40. The van der Waals surface area contributed by atoms with E-state index in [2.05, 4.69) is 5.32 Å². The van der Waals surface area contributed by atoms with Gasteiger partial charge in [-0.15, -0.1) is 0 Å². The minimum atomic E-state index is -4.89. The predicted molar refractivity (Wildman–Crippen MR) is 54.1 cm³/mol. The summed E-state index contributed by atoms with van der Waals surface area (Å²) in [4.78, 5) is 21.7. The van der Waals surface area contributed by atoms with Crippen molar-refractivity contribution in [2.75, 3.05) is 6.54 Å². The van der Waals surface area contributed by atoms with Gasteiger partial charge < -0.3 is 10.6 Å². The zero-order chi connectivity index (χ0) is 12.9. The molecule has 0 bridgehead atoms. The van der Waals surface area contributed by atoms with Crippen molar-refractivity contribution in [1.82, 2.24) is 10.6 Å². The normalized spacial score (nSPS) is 16.9. The quantitative estimate of drug-likeness (QED) is 0.787. The molecule has 2 amide bonds. The molecule has 4 nitrogen and oxygen atoms in total. The molecule has 1 aliphatic carbocycles. The van der Waals surface area contributed by atoms with Crippen LogP contribution in [0.5, 0.6) is 0 Å². The molecule has 0 unspecified atom stereocenters. The van der Waals surface area contributed by atoms with E-state index in [4.69, 9.17) is 0 Å². The Hall–Kier alpha value is -1.27. The average molecular weight is 252 g/mol. The summed E-state index contributed by atoms with van der Waals surface area (Å²) in [6.07, 6.45) is -1.05. The first-order valence-corrected chi connectivity index (χ1v) is 5.54. The summed E-state index contributed by atoms with van der Waals surface area (Å²) >= 11 is 0. The van der Waals surface area contributed by atoms with Gasteiger partial charge >= 0.3 is 12.1 Å². The molecule has 0 heterocycles. The third kappa shape index (κ3) is 5.06. The SMILES string of the molecule is O=C(CCNC(=O)C(F)(F)F)NC1CCCC1. The van der Waals surface area contributed by atoms with Gasteiger partial charge in [0.15, 0.2) is 0 Å². The number of amides is 2. The maximum Gasteiger partial charge on any atom is 0.471 e. The highest BCUT2D eigenvalue weighted by atomic mass is 19.4. The monoisotopic (exact) mass is 252 g/mol. The second-order valence-electron chi connectivity index (χ2n) is 4.05. The van der Waals surface area contributed by atoms with E-state index in [9.17, 15) is 22.8 Å². The van der Waals surface area contributed by atoms with E-state index in [1.54, 1.807) is 5.32 Å². The molecule has 0 aromatic heterocycles. The van der Waals surface area contributed by atoms with Crippen LogP contribution in [-0.4, -0.2) is 30.6 Å². The van der Waals surface area contributed by atoms with Crippen molar-refractivity contribution in [3.05, 3.63) is 0 Å². The molecule has 1 rings (SSSR count). The lowest BCUT2D eigenvalue weighted by atomic mass is 10.2. The van der Waals surface area contributed by atoms with E-state index >= 15 is 0 Å². The second kappa shape index (κ2) is 5.88. The second-order valence-corrected chi connectivity index (χ2v) is 4.05. The van der Waals surface area contributed by atoms with Crippen LogP contribution in [0.2, 0.25) is 0 Å². The van der Waals surface area contributed by atoms with Gasteiger partial charge in [-0.25, -0.2) is 0 Å². The Labute approximate surface area is 96.9 Å². The molecule has 0 aliphatic heterocycles. The third-order valence-electron chi connectivity index (χ3n) is 2.62. The summed E-state index contributed by atoms with van der Waals surface area (Å²) < 4.78 is 35.4. The fourth-order valence-electron chi connectivity index (χ4n) is 1.76. The fourth-order valence-corrected chi connectivity index (χ4v) is 1.76. The first-order valence-electron chi connectivity index (χ1n) is 5.54. The summed E-state index contributed by atoms with van der Waals surface area (Å²) in [5.74, 6) is -2.33. The number of nitrogens with one attached hydrogen (secondary N) is 2. The Morgan fingerprint density at radius 3 is 2.29 bits per heavy atom. The Morgan fingerprint density at radius 1 is 1.18 bits per heavy atom. The molecule has 98 valence electrons. The molecule has 0 aromatic rings. The predicted octanol–water partition coefficient (Wildman–Crippen LogP) is 1.11. The zero-order valence-electron chi connectivity index (χ0n) is 9.27. The Morgan fingerprint density at radius 2 is 1.76 bits per heavy atom. The van der Waals surface area contributed by atoms with Crippen molar-refractivity contribution in [3.63, 3.8) is 0 Å². The maximum atomic E-state index is 11.8. The van der Waals surface area contributed by atoms with Crippen molar-refractivity contribution < 1.29 is 22.8 Å². The van der Waals surface area contributed by atoms with Crippen LogP contribution < -0.4 is 10.6 Å². The van der Waals surface area contributed by atoms with Crippen LogP contribution in [0, 0.1) is 0 Å². The van der Waals surface area contributed by atoms with Gasteiger partial charge in [0, 0.05) is 19.0 Å². The van der Waals surface area contributed by atoms with E-state index in [1.165, 1.54) is 0 Å². The number of carbonyl (C=O) groups is 2. The van der Waals surface area contributed by atoms with Gasteiger partial charge in [-0.2, -0.15) is 13.2 Å². The van der Waals surface area contributed by atoms with Crippen molar-refractivity contribution in [1.29, 1.82) is 0 Å². The lowest BCUT2D eigenvalue weighted by molar-refractivity contribution is -0.173. The van der Waals surface area contributed by atoms with Gasteiger partial charge in [0.25, 0.3) is 0 Å². The third-order valence-corrected chi connectivity index (χ3v) is 2.62. The number of rotatable bonds is 4. The maximum absolute atomic E-state index is 11.8. The molecule has 7 heteroatoms. The van der Waals surface area contributed by atoms with Gasteiger partial charge in [0.2, 0.25) is 5.91 Å². The van der Waals surface area contributed by atoms with E-state index in [1.807, 2.05) is 0 Å². The lowest BCUT2D eigenvalue weighted by Gasteiger charge is -2.12. The Kier molecular flexibility index (Phi) is 4.77. The van der Waals surface area contributed by atoms with Crippen LogP contribution in [0.4, 0.5) is 13.2 Å². The molecular weight excluding hydrogens is 237 g/mol. The fraction of sp³-hybridized carbons (Fsp3) is 0.800. The summed E-state index contributed by atoms with van der Waals surface area (Å²) in [5, 5.41) is 4.37. The van der Waals surface area contributed by atoms with E-state index in [-0.39, 0.29) is 24.9 Å². The first kappa shape index (κ1) is 13.8. The molecule has 0 aromatic carbocycles. The van der Waals surface area contributed by atoms with E-state index < -0.39 is 12.1 Å². The van der Waals surface area contributed by atoms with Crippen molar-refractivity contribution in [2.24, 2.45) is 0 Å². The number of hydrogen-bond donors (Lipinski definition) is 2. The molecule has 2 N–H and O–H groups in total. The van der Waals surface area contributed by atoms with Gasteiger partial charge in [-0.1, -0.05) is 12.8 Å². The minimum absolute atomic E-state index is 0.127. The van der Waals surface area contributed by atoms with Crippen LogP contribution in [0.1, 0.15) is 32.1 Å². The van der Waals surface area contributed by atoms with Gasteiger partial charge in [0.05, 0.1) is 0 Å². The highest BCUT2D eigenvalue weighted by Gasteiger charge is 2.38. The van der Waals surface area contributed by atoms with Crippen LogP contribution in [0.3, 0.4) is 0 Å².